The van der Waals surface area contributed by atoms with E-state index in [1.165, 1.54) is 17.8 Å². The van der Waals surface area contributed by atoms with Crippen LogP contribution >= 0.6 is 23.2 Å². The molecule has 3 aromatic carbocycles. The maximum absolute atomic E-state index is 12.2. The number of hydrogen-bond acceptors (Lipinski definition) is 7. The summed E-state index contributed by atoms with van der Waals surface area (Å²) in [6.07, 6.45) is 5.36. The van der Waals surface area contributed by atoms with Gasteiger partial charge in [0.25, 0.3) is 5.91 Å². The highest BCUT2D eigenvalue weighted by atomic mass is 35.5. The van der Waals surface area contributed by atoms with Crippen LogP contribution in [0.2, 0.25) is 10.0 Å². The van der Waals surface area contributed by atoms with Gasteiger partial charge in [-0.3, -0.25) is 19.6 Å². The molecule has 0 bridgehead atoms. The zero-order chi connectivity index (χ0) is 29.9. The monoisotopic (exact) mass is 605 g/mol. The quantitative estimate of drug-likeness (QED) is 0.137. The summed E-state index contributed by atoms with van der Waals surface area (Å²) in [5, 5.41) is 25.1. The Morgan fingerprint density at radius 1 is 0.952 bits per heavy atom. The molecule has 0 unspecified atom stereocenters. The van der Waals surface area contributed by atoms with Crippen LogP contribution in [0.4, 0.5) is 0 Å². The molecule has 1 aliphatic heterocycles. The molecule has 1 aromatic heterocycles. The minimum Gasteiger partial charge on any atom is -0.507 e. The zero-order valence-corrected chi connectivity index (χ0v) is 24.6. The van der Waals surface area contributed by atoms with Crippen molar-refractivity contribution in [3.05, 3.63) is 112 Å². The van der Waals surface area contributed by atoms with E-state index >= 15 is 0 Å². The van der Waals surface area contributed by atoms with E-state index in [4.69, 9.17) is 23.2 Å². The Hall–Kier alpha value is -3.95. The number of benzene rings is 3. The van der Waals surface area contributed by atoms with Gasteiger partial charge in [0.1, 0.15) is 11.3 Å². The number of nitrogens with zero attached hydrogens (tertiary/aromatic N) is 4. The number of fused-ring (bicyclic) bond motifs is 1. The summed E-state index contributed by atoms with van der Waals surface area (Å²) in [5.41, 5.74) is 5.65. The number of aromatic nitrogens is 1. The molecule has 1 aliphatic rings. The molecule has 1 saturated heterocycles. The van der Waals surface area contributed by atoms with Crippen LogP contribution < -0.4 is 5.43 Å². The molecule has 2 heterocycles. The fourth-order valence-corrected chi connectivity index (χ4v) is 5.07. The molecule has 0 saturated carbocycles. The number of piperazine rings is 1. The van der Waals surface area contributed by atoms with Crippen LogP contribution in [0.3, 0.4) is 0 Å². The van der Waals surface area contributed by atoms with Crippen molar-refractivity contribution in [2.75, 3.05) is 32.7 Å². The lowest BCUT2D eigenvalue weighted by Gasteiger charge is -2.34. The Labute approximate surface area is 255 Å². The molecular weight excluding hydrogens is 573 g/mol. The standard InChI is InChI=1S/C23H28N4O2.C9H5Cl2NO/c1-2-7-20-10-6-11-21(23(20)29)16-24-25-22(28)18-27-14-12-26(13-15-27)17-19-8-4-3-5-9-19;10-6-4-7(11)9(13)8-5(6)2-1-3-12-8/h2-6,8-11,16,29H,1,7,12-15,17-18H2,(H,25,28);1-4,13H. The summed E-state index contributed by atoms with van der Waals surface area (Å²) in [4.78, 5) is 20.7. The van der Waals surface area contributed by atoms with Gasteiger partial charge in [-0.15, -0.1) is 6.58 Å². The highest BCUT2D eigenvalue weighted by Gasteiger charge is 2.19. The predicted octanol–water partition coefficient (Wildman–Crippen LogP) is 5.64. The molecule has 0 spiro atoms. The van der Waals surface area contributed by atoms with Gasteiger partial charge in [0, 0.05) is 49.9 Å². The minimum absolute atomic E-state index is 0.0262. The first-order chi connectivity index (χ1) is 20.4. The van der Waals surface area contributed by atoms with E-state index in [1.54, 1.807) is 30.5 Å². The largest absolute Gasteiger partial charge is 0.507 e. The first-order valence-corrected chi connectivity index (χ1v) is 14.2. The molecule has 0 atom stereocenters. The number of aromatic hydroxyl groups is 2. The van der Waals surface area contributed by atoms with Crippen molar-refractivity contribution in [2.24, 2.45) is 5.10 Å². The molecule has 1 fully saturated rings. The van der Waals surface area contributed by atoms with Crippen LogP contribution in [0.15, 0.2) is 90.7 Å². The van der Waals surface area contributed by atoms with Crippen molar-refractivity contribution >= 4 is 46.2 Å². The number of hydrazone groups is 1. The van der Waals surface area contributed by atoms with E-state index in [2.05, 4.69) is 56.2 Å². The lowest BCUT2D eigenvalue weighted by Crippen LogP contribution is -2.48. The molecule has 0 radical (unpaired) electrons. The normalized spacial score (nSPS) is 14.0. The molecule has 10 heteroatoms. The second-order valence-electron chi connectivity index (χ2n) is 9.77. The molecule has 218 valence electrons. The van der Waals surface area contributed by atoms with Crippen molar-refractivity contribution in [1.29, 1.82) is 0 Å². The van der Waals surface area contributed by atoms with Gasteiger partial charge in [-0.1, -0.05) is 71.7 Å². The van der Waals surface area contributed by atoms with Gasteiger partial charge in [0.15, 0.2) is 5.75 Å². The first-order valence-electron chi connectivity index (χ1n) is 13.5. The van der Waals surface area contributed by atoms with E-state index in [1.807, 2.05) is 18.2 Å². The van der Waals surface area contributed by atoms with Crippen molar-refractivity contribution in [3.63, 3.8) is 0 Å². The Bertz CT molecular complexity index is 1540. The van der Waals surface area contributed by atoms with Gasteiger partial charge >= 0.3 is 0 Å². The lowest BCUT2D eigenvalue weighted by atomic mass is 10.1. The van der Waals surface area contributed by atoms with Crippen molar-refractivity contribution < 1.29 is 15.0 Å². The number of hydrogen-bond donors (Lipinski definition) is 3. The van der Waals surface area contributed by atoms with Crippen LogP contribution in [0.25, 0.3) is 10.9 Å². The zero-order valence-electron chi connectivity index (χ0n) is 23.1. The first kappa shape index (κ1) is 31.0. The fourth-order valence-electron chi connectivity index (χ4n) is 4.55. The number of pyridine rings is 1. The maximum atomic E-state index is 12.2. The topological polar surface area (TPSA) is 101 Å². The van der Waals surface area contributed by atoms with E-state index in [9.17, 15) is 15.0 Å². The molecule has 1 amide bonds. The van der Waals surface area contributed by atoms with Gasteiger partial charge in [0.05, 0.1) is 22.8 Å². The SMILES string of the molecule is C=CCc1cccc(C=NNC(=O)CN2CCN(Cc3ccccc3)CC2)c1O.Oc1c(Cl)cc(Cl)c2cccnc12. The average molecular weight is 607 g/mol. The van der Waals surface area contributed by atoms with Gasteiger partial charge in [-0.2, -0.15) is 5.10 Å². The number of carbonyl (C=O) groups is 1. The molecule has 8 nitrogen and oxygen atoms in total. The van der Waals surface area contributed by atoms with Crippen molar-refractivity contribution in [3.8, 4) is 11.5 Å². The number of nitrogens with one attached hydrogen (secondary N) is 1. The number of allylic oxidation sites excluding steroid dienone is 1. The Balaban J connectivity index is 0.000000258. The smallest absolute Gasteiger partial charge is 0.254 e. The third-order valence-corrected chi connectivity index (χ3v) is 7.36. The van der Waals surface area contributed by atoms with Crippen LogP contribution in [0.5, 0.6) is 11.5 Å². The Morgan fingerprint density at radius 2 is 1.69 bits per heavy atom. The second kappa shape index (κ2) is 15.3. The summed E-state index contributed by atoms with van der Waals surface area (Å²) in [6, 6.07) is 20.9. The summed E-state index contributed by atoms with van der Waals surface area (Å²) < 4.78 is 0. The number of halogens is 2. The molecule has 42 heavy (non-hydrogen) atoms. The molecule has 5 rings (SSSR count). The van der Waals surface area contributed by atoms with Gasteiger partial charge in [-0.25, -0.2) is 5.43 Å². The average Bonchev–Trinajstić information content (AvgIpc) is 3.00. The number of carbonyl (C=O) groups excluding carboxylic acids is 1. The maximum Gasteiger partial charge on any atom is 0.254 e. The Morgan fingerprint density at radius 3 is 2.43 bits per heavy atom. The summed E-state index contributed by atoms with van der Waals surface area (Å²) in [5.74, 6) is -0.0129. The Kier molecular flexibility index (Phi) is 11.3. The summed E-state index contributed by atoms with van der Waals surface area (Å²) >= 11 is 11.6. The minimum atomic E-state index is -0.153. The van der Waals surface area contributed by atoms with Gasteiger partial charge < -0.3 is 10.2 Å². The van der Waals surface area contributed by atoms with E-state index in [-0.39, 0.29) is 22.4 Å². The van der Waals surface area contributed by atoms with Gasteiger partial charge in [-0.05, 0) is 41.8 Å². The number of rotatable bonds is 8. The van der Waals surface area contributed by atoms with Crippen LogP contribution in [-0.4, -0.2) is 69.8 Å². The van der Waals surface area contributed by atoms with Crippen LogP contribution in [-0.2, 0) is 17.8 Å². The van der Waals surface area contributed by atoms with E-state index in [0.717, 1.165) is 38.3 Å². The number of phenols is 2. The molecule has 3 N–H and O–H groups in total. The third-order valence-electron chi connectivity index (χ3n) is 6.76. The highest BCUT2D eigenvalue weighted by Crippen LogP contribution is 2.35. The number of phenolic OH excluding ortho intramolecular Hbond substituents is 2. The van der Waals surface area contributed by atoms with Crippen LogP contribution in [0, 0.1) is 0 Å². The molecule has 0 aliphatic carbocycles. The summed E-state index contributed by atoms with van der Waals surface area (Å²) in [6.45, 7) is 8.54. The van der Waals surface area contributed by atoms with Gasteiger partial charge in [0.2, 0.25) is 0 Å². The number of para-hydroxylation sites is 1. The van der Waals surface area contributed by atoms with E-state index in [0.29, 0.717) is 34.5 Å². The van der Waals surface area contributed by atoms with Crippen molar-refractivity contribution in [1.82, 2.24) is 20.2 Å². The lowest BCUT2D eigenvalue weighted by molar-refractivity contribution is -0.122. The third kappa shape index (κ3) is 8.53. The highest BCUT2D eigenvalue weighted by molar-refractivity contribution is 6.39. The fraction of sp³-hybridized carbons (Fsp3) is 0.219. The second-order valence-corrected chi connectivity index (χ2v) is 10.6. The van der Waals surface area contributed by atoms with E-state index < -0.39 is 0 Å². The van der Waals surface area contributed by atoms with Crippen LogP contribution in [0.1, 0.15) is 16.7 Å². The molecular formula is C32H33Cl2N5O3. The van der Waals surface area contributed by atoms with Crippen molar-refractivity contribution in [2.45, 2.75) is 13.0 Å². The molecule has 4 aromatic rings. The predicted molar refractivity (Wildman–Crippen MR) is 169 cm³/mol. The summed E-state index contributed by atoms with van der Waals surface area (Å²) in [7, 11) is 0. The number of amides is 1.